The Kier molecular flexibility index (Phi) is 7.71. The van der Waals surface area contributed by atoms with Gasteiger partial charge in [0, 0.05) is 35.0 Å². The number of hydrogen-bond acceptors (Lipinski definition) is 3. The van der Waals surface area contributed by atoms with Crippen LogP contribution in [-0.2, 0) is 9.53 Å². The monoisotopic (exact) mass is 399 g/mol. The Morgan fingerprint density at radius 1 is 1.00 bits per heavy atom. The molecule has 0 saturated carbocycles. The van der Waals surface area contributed by atoms with Crippen molar-refractivity contribution in [3.8, 4) is 6.07 Å². The molecule has 0 fully saturated rings. The van der Waals surface area contributed by atoms with E-state index in [-0.39, 0.29) is 11.9 Å². The summed E-state index contributed by atoms with van der Waals surface area (Å²) < 4.78 is 5.12. The molecule has 7 heteroatoms. The average molecular weight is 400 g/mol. The second kappa shape index (κ2) is 7.85. The molecule has 0 aliphatic rings. The highest BCUT2D eigenvalue weighted by Gasteiger charge is 2.62. The molecule has 0 radical (unpaired) electrons. The Labute approximate surface area is 152 Å². The molecule has 0 aromatic heterocycles. The molecule has 3 nitrogen and oxygen atoms in total. The number of methoxy groups -OCH3 is 1. The van der Waals surface area contributed by atoms with E-state index >= 15 is 0 Å². The number of hydrogen-bond donors (Lipinski definition) is 0. The highest BCUT2D eigenvalue weighted by atomic mass is 29.9. The minimum Gasteiger partial charge on any atom is -0.469 e. The van der Waals surface area contributed by atoms with Crippen LogP contribution in [0.3, 0.4) is 0 Å². The van der Waals surface area contributed by atoms with Crippen LogP contribution in [0, 0.1) is 17.2 Å². The molecular formula is C17H37NO2Si4. The topological polar surface area (TPSA) is 50.1 Å². The Hall–Kier alpha value is -0.432. The molecule has 24 heavy (non-hydrogen) atoms. The van der Waals surface area contributed by atoms with Crippen molar-refractivity contribution in [3.63, 3.8) is 0 Å². The molecule has 0 saturated heterocycles. The quantitative estimate of drug-likeness (QED) is 0.330. The van der Waals surface area contributed by atoms with Gasteiger partial charge in [0.05, 0.1) is 19.1 Å². The highest BCUT2D eigenvalue weighted by Crippen LogP contribution is 2.43. The standard InChI is InChI=1S/C17H37NO2Si4/c1-15(13-18)12-16(17(19)20-2)14-24(21(3,4)5,22(6,7)8)23(9,10)11/h16H,1,12,14H2,2-11H3. The summed E-state index contributed by atoms with van der Waals surface area (Å²) in [4.78, 5) is 12.5. The van der Waals surface area contributed by atoms with Crippen molar-refractivity contribution in [1.82, 2.24) is 0 Å². The van der Waals surface area contributed by atoms with Crippen LogP contribution in [-0.4, -0.2) is 42.5 Å². The maximum atomic E-state index is 12.5. The second-order valence-electron chi connectivity index (χ2n) is 10.00. The molecule has 1 atom stereocenters. The molecule has 0 bridgehead atoms. The number of carbonyl (C=O) groups is 1. The van der Waals surface area contributed by atoms with Crippen LogP contribution in [0.1, 0.15) is 6.42 Å². The van der Waals surface area contributed by atoms with Gasteiger partial charge >= 0.3 is 5.97 Å². The van der Waals surface area contributed by atoms with Crippen LogP contribution in [0.2, 0.25) is 65.0 Å². The molecule has 0 aliphatic heterocycles. The number of rotatable bonds is 8. The smallest absolute Gasteiger partial charge is 0.308 e. The molecule has 0 aromatic rings. The maximum absolute atomic E-state index is 12.5. The summed E-state index contributed by atoms with van der Waals surface area (Å²) in [6, 6.07) is 3.11. The molecule has 0 N–H and O–H groups in total. The largest absolute Gasteiger partial charge is 0.469 e. The van der Waals surface area contributed by atoms with Crippen molar-refractivity contribution in [1.29, 1.82) is 5.26 Å². The molecule has 0 rings (SSSR count). The van der Waals surface area contributed by atoms with Crippen LogP contribution in [0.15, 0.2) is 12.2 Å². The van der Waals surface area contributed by atoms with Gasteiger partial charge in [-0.2, -0.15) is 5.26 Å². The van der Waals surface area contributed by atoms with Gasteiger partial charge in [-0.3, -0.25) is 4.79 Å². The van der Waals surface area contributed by atoms with Gasteiger partial charge in [0.15, 0.2) is 0 Å². The van der Waals surface area contributed by atoms with Crippen molar-refractivity contribution in [2.45, 2.75) is 71.4 Å². The number of ether oxygens (including phenoxy) is 1. The van der Waals surface area contributed by atoms with Crippen molar-refractivity contribution in [2.24, 2.45) is 5.92 Å². The highest BCUT2D eigenvalue weighted by molar-refractivity contribution is 7.89. The molecule has 0 aromatic carbocycles. The summed E-state index contributed by atoms with van der Waals surface area (Å²) in [5.74, 6) is -0.350. The van der Waals surface area contributed by atoms with E-state index in [1.807, 2.05) is 0 Å². The van der Waals surface area contributed by atoms with Crippen LogP contribution in [0.4, 0.5) is 0 Å². The van der Waals surface area contributed by atoms with E-state index in [1.54, 1.807) is 0 Å². The van der Waals surface area contributed by atoms with Gasteiger partial charge in [-0.15, -0.1) is 0 Å². The van der Waals surface area contributed by atoms with Gasteiger partial charge in [-0.25, -0.2) is 0 Å². The predicted molar refractivity (Wildman–Crippen MR) is 115 cm³/mol. The van der Waals surface area contributed by atoms with E-state index < -0.39 is 29.4 Å². The Bertz CT molecular complexity index is 483. The maximum Gasteiger partial charge on any atom is 0.308 e. The SMILES string of the molecule is C=C(C#N)CC(C[Si]([Si](C)(C)C)([Si](C)(C)C)[Si](C)(C)C)C(=O)OC. The first-order chi connectivity index (χ1) is 10.5. The minimum absolute atomic E-state index is 0.155. The summed E-state index contributed by atoms with van der Waals surface area (Å²) in [7, 11) is -2.88. The normalized spacial score (nSPS) is 14.7. The van der Waals surface area contributed by atoms with Gasteiger partial charge in [0.25, 0.3) is 0 Å². The average Bonchev–Trinajstić information content (AvgIpc) is 2.37. The third-order valence-electron chi connectivity index (χ3n) is 5.58. The van der Waals surface area contributed by atoms with Gasteiger partial charge in [0.1, 0.15) is 0 Å². The molecule has 1 unspecified atom stereocenters. The number of allylic oxidation sites excluding steroid dienone is 1. The van der Waals surface area contributed by atoms with E-state index in [9.17, 15) is 4.79 Å². The Morgan fingerprint density at radius 2 is 1.38 bits per heavy atom. The van der Waals surface area contributed by atoms with Gasteiger partial charge in [-0.05, 0) is 12.5 Å². The molecule has 0 spiro atoms. The lowest BCUT2D eigenvalue weighted by atomic mass is 10.0. The summed E-state index contributed by atoms with van der Waals surface area (Å²) in [5, 5.41) is 9.15. The van der Waals surface area contributed by atoms with Gasteiger partial charge in [-0.1, -0.05) is 65.5 Å². The zero-order chi connectivity index (χ0) is 19.6. The predicted octanol–water partition coefficient (Wildman–Crippen LogP) is 4.94. The lowest BCUT2D eigenvalue weighted by Crippen LogP contribution is -2.83. The third-order valence-corrected chi connectivity index (χ3v) is 79.7. The van der Waals surface area contributed by atoms with E-state index in [2.05, 4.69) is 71.6 Å². The van der Waals surface area contributed by atoms with Crippen molar-refractivity contribution in [2.75, 3.05) is 7.11 Å². The van der Waals surface area contributed by atoms with E-state index in [0.29, 0.717) is 12.0 Å². The van der Waals surface area contributed by atoms with E-state index in [1.165, 1.54) is 7.11 Å². The summed E-state index contributed by atoms with van der Waals surface area (Å²) in [5.41, 5.74) is 0.495. The summed E-state index contributed by atoms with van der Waals surface area (Å²) in [6.07, 6.45) is 0.456. The van der Waals surface area contributed by atoms with Crippen LogP contribution in [0.5, 0.6) is 0 Å². The third kappa shape index (κ3) is 4.81. The number of esters is 1. The molecule has 0 aliphatic carbocycles. The van der Waals surface area contributed by atoms with Crippen molar-refractivity contribution in [3.05, 3.63) is 12.2 Å². The molecule has 0 heterocycles. The lowest BCUT2D eigenvalue weighted by molar-refractivity contribution is -0.144. The van der Waals surface area contributed by atoms with Gasteiger partial charge < -0.3 is 4.74 Å². The zero-order valence-corrected chi connectivity index (χ0v) is 21.5. The zero-order valence-electron chi connectivity index (χ0n) is 17.5. The summed E-state index contributed by atoms with van der Waals surface area (Å²) >= 11 is 0. The van der Waals surface area contributed by atoms with Gasteiger partial charge in [0.2, 0.25) is 0 Å². The minimum atomic E-state index is -1.66. The number of nitriles is 1. The fraction of sp³-hybridized carbons (Fsp3) is 0.765. The molecular weight excluding hydrogens is 363 g/mol. The lowest BCUT2D eigenvalue weighted by Gasteiger charge is -2.58. The van der Waals surface area contributed by atoms with E-state index in [4.69, 9.17) is 10.00 Å². The van der Waals surface area contributed by atoms with E-state index in [0.717, 1.165) is 6.04 Å². The Morgan fingerprint density at radius 3 is 1.62 bits per heavy atom. The van der Waals surface area contributed by atoms with Crippen LogP contribution in [0.25, 0.3) is 0 Å². The Balaban J connectivity index is 6.30. The first kappa shape index (κ1) is 23.6. The van der Waals surface area contributed by atoms with Crippen LogP contribution < -0.4 is 0 Å². The number of carbonyl (C=O) groups excluding carboxylic acids is 1. The number of nitrogens with zero attached hydrogens (tertiary/aromatic N) is 1. The summed E-state index contributed by atoms with van der Waals surface area (Å²) in [6.45, 7) is 24.8. The fourth-order valence-corrected chi connectivity index (χ4v) is 104. The molecule has 0 amide bonds. The van der Waals surface area contributed by atoms with Crippen LogP contribution >= 0.6 is 0 Å². The first-order valence-corrected chi connectivity index (χ1v) is 24.4. The van der Waals surface area contributed by atoms with Crippen molar-refractivity contribution < 1.29 is 9.53 Å². The fourth-order valence-electron chi connectivity index (χ4n) is 5.41. The molecule has 138 valence electrons. The second-order valence-corrected chi connectivity index (χ2v) is 51.4. The van der Waals surface area contributed by atoms with Crippen molar-refractivity contribution >= 4 is 35.4 Å². The first-order valence-electron chi connectivity index (χ1n) is 8.71.